The van der Waals surface area contributed by atoms with Gasteiger partial charge in [-0.3, -0.25) is 10.1 Å². The van der Waals surface area contributed by atoms with Gasteiger partial charge in [0.05, 0.1) is 22.9 Å². The van der Waals surface area contributed by atoms with Crippen molar-refractivity contribution in [3.05, 3.63) is 84.4 Å². The molecule has 0 fully saturated rings. The van der Waals surface area contributed by atoms with Gasteiger partial charge in [0.2, 0.25) is 5.89 Å². The fraction of sp³-hybridized carbons (Fsp3) is 0.0714. The zero-order valence-corrected chi connectivity index (χ0v) is 20.4. The predicted molar refractivity (Wildman–Crippen MR) is 142 cm³/mol. The summed E-state index contributed by atoms with van der Waals surface area (Å²) in [4.78, 5) is 34.6. The molecule has 6 rings (SSSR count). The van der Waals surface area contributed by atoms with Crippen LogP contribution in [0.2, 0.25) is 0 Å². The number of methoxy groups -OCH3 is 1. The van der Waals surface area contributed by atoms with Crippen molar-refractivity contribution < 1.29 is 23.5 Å². The molecule has 0 saturated carbocycles. The van der Waals surface area contributed by atoms with Crippen LogP contribution in [0.15, 0.2) is 83.3 Å². The second-order valence-corrected chi connectivity index (χ2v) is 9.20. The zero-order valence-electron chi connectivity index (χ0n) is 19.6. The molecule has 2 heterocycles. The molecule has 0 aliphatic carbocycles. The molecule has 8 nitrogen and oxygen atoms in total. The lowest BCUT2D eigenvalue weighted by atomic mass is 9.99. The number of ether oxygens (including phenoxy) is 2. The van der Waals surface area contributed by atoms with Gasteiger partial charge in [-0.05, 0) is 47.9 Å². The molecule has 0 aliphatic rings. The standard InChI is InChI=1S/C28H19N3O5S/c1-34-17-12-13-21-23(14-17)37-28(30-21)31-24(32)15-35-27(33)19-9-5-7-16-6-4-8-18(25(16)19)26-29-20-10-2-3-11-22(20)36-26/h2-14H,15H2,1H3,(H,30,31,32). The zero-order chi connectivity index (χ0) is 25.4. The maximum Gasteiger partial charge on any atom is 0.339 e. The average Bonchev–Trinajstić information content (AvgIpc) is 3.54. The van der Waals surface area contributed by atoms with Gasteiger partial charge in [-0.15, -0.1) is 0 Å². The maximum absolute atomic E-state index is 13.1. The third kappa shape index (κ3) is 4.36. The Morgan fingerprint density at radius 2 is 1.78 bits per heavy atom. The number of carbonyl (C=O) groups excluding carboxylic acids is 2. The lowest BCUT2D eigenvalue weighted by Crippen LogP contribution is -2.21. The van der Waals surface area contributed by atoms with Crippen molar-refractivity contribution in [2.45, 2.75) is 0 Å². The number of benzene rings is 4. The van der Waals surface area contributed by atoms with E-state index in [1.807, 2.05) is 60.7 Å². The van der Waals surface area contributed by atoms with Crippen LogP contribution in [0.1, 0.15) is 10.4 Å². The minimum Gasteiger partial charge on any atom is -0.497 e. The third-order valence-electron chi connectivity index (χ3n) is 5.83. The molecule has 0 radical (unpaired) electrons. The fourth-order valence-electron chi connectivity index (χ4n) is 4.13. The number of esters is 1. The number of nitrogens with zero attached hydrogens (tertiary/aromatic N) is 2. The Labute approximate surface area is 214 Å². The SMILES string of the molecule is COc1ccc2nc(NC(=O)COC(=O)c3cccc4cccc(-c5nc6ccccc6o5)c34)sc2c1. The summed E-state index contributed by atoms with van der Waals surface area (Å²) in [5, 5.41) is 4.56. The molecule has 6 aromatic rings. The minimum absolute atomic E-state index is 0.315. The number of para-hydroxylation sites is 2. The smallest absolute Gasteiger partial charge is 0.339 e. The number of carbonyl (C=O) groups is 2. The molecule has 0 bridgehead atoms. The lowest BCUT2D eigenvalue weighted by molar-refractivity contribution is -0.119. The highest BCUT2D eigenvalue weighted by atomic mass is 32.1. The number of fused-ring (bicyclic) bond motifs is 3. The predicted octanol–water partition coefficient (Wildman–Crippen LogP) is 6.06. The van der Waals surface area contributed by atoms with Crippen LogP contribution < -0.4 is 10.1 Å². The normalized spacial score (nSPS) is 11.2. The first-order chi connectivity index (χ1) is 18.1. The van der Waals surface area contributed by atoms with Crippen molar-refractivity contribution in [1.29, 1.82) is 0 Å². The van der Waals surface area contributed by atoms with E-state index in [0.717, 1.165) is 21.1 Å². The number of thiazole rings is 1. The second-order valence-electron chi connectivity index (χ2n) is 8.17. The topological polar surface area (TPSA) is 104 Å². The van der Waals surface area contributed by atoms with Gasteiger partial charge in [-0.2, -0.15) is 0 Å². The van der Waals surface area contributed by atoms with Gasteiger partial charge in [0, 0.05) is 10.9 Å². The quantitative estimate of drug-likeness (QED) is 0.272. The number of anilines is 1. The van der Waals surface area contributed by atoms with E-state index in [1.54, 1.807) is 25.3 Å². The van der Waals surface area contributed by atoms with Crippen molar-refractivity contribution in [2.75, 3.05) is 19.0 Å². The summed E-state index contributed by atoms with van der Waals surface area (Å²) in [6, 6.07) is 23.9. The number of hydrogen-bond acceptors (Lipinski definition) is 8. The molecule has 0 unspecified atom stereocenters. The summed E-state index contributed by atoms with van der Waals surface area (Å²) in [6.45, 7) is -0.459. The number of amides is 1. The van der Waals surface area contributed by atoms with Crippen LogP contribution in [0.25, 0.3) is 43.5 Å². The number of rotatable bonds is 6. The Morgan fingerprint density at radius 1 is 0.946 bits per heavy atom. The minimum atomic E-state index is -0.627. The van der Waals surface area contributed by atoms with Crippen molar-refractivity contribution >= 4 is 60.4 Å². The summed E-state index contributed by atoms with van der Waals surface area (Å²) in [7, 11) is 1.59. The number of hydrogen-bond donors (Lipinski definition) is 1. The van der Waals surface area contributed by atoms with Gasteiger partial charge in [0.25, 0.3) is 5.91 Å². The molecule has 4 aromatic carbocycles. The molecule has 0 atom stereocenters. The molecule has 0 spiro atoms. The summed E-state index contributed by atoms with van der Waals surface area (Å²) in [6.07, 6.45) is 0. The van der Waals surface area contributed by atoms with E-state index >= 15 is 0 Å². The summed E-state index contributed by atoms with van der Waals surface area (Å²) < 4.78 is 17.4. The molecular formula is C28H19N3O5S. The third-order valence-corrected chi connectivity index (χ3v) is 6.76. The Balaban J connectivity index is 1.23. The Kier molecular flexibility index (Phi) is 5.74. The highest BCUT2D eigenvalue weighted by molar-refractivity contribution is 7.22. The molecular weight excluding hydrogens is 490 g/mol. The molecule has 2 aromatic heterocycles. The monoisotopic (exact) mass is 509 g/mol. The van der Waals surface area contributed by atoms with Crippen LogP contribution in [-0.2, 0) is 9.53 Å². The molecule has 1 amide bonds. The van der Waals surface area contributed by atoms with E-state index < -0.39 is 18.5 Å². The van der Waals surface area contributed by atoms with Gasteiger partial charge in [-0.25, -0.2) is 14.8 Å². The molecule has 9 heteroatoms. The van der Waals surface area contributed by atoms with Gasteiger partial charge >= 0.3 is 5.97 Å². The van der Waals surface area contributed by atoms with E-state index in [1.165, 1.54) is 11.3 Å². The van der Waals surface area contributed by atoms with Crippen LogP contribution >= 0.6 is 11.3 Å². The largest absolute Gasteiger partial charge is 0.497 e. The fourth-order valence-corrected chi connectivity index (χ4v) is 5.04. The first kappa shape index (κ1) is 22.7. The Bertz CT molecular complexity index is 1770. The van der Waals surface area contributed by atoms with Crippen molar-refractivity contribution in [3.8, 4) is 17.2 Å². The number of oxazole rings is 1. The van der Waals surface area contributed by atoms with Crippen LogP contribution in [0.3, 0.4) is 0 Å². The lowest BCUT2D eigenvalue weighted by Gasteiger charge is -2.10. The molecule has 37 heavy (non-hydrogen) atoms. The first-order valence-corrected chi connectivity index (χ1v) is 12.2. The van der Waals surface area contributed by atoms with Crippen molar-refractivity contribution in [2.24, 2.45) is 0 Å². The van der Waals surface area contributed by atoms with Crippen LogP contribution in [0.4, 0.5) is 5.13 Å². The Hall–Kier alpha value is -4.76. The summed E-state index contributed by atoms with van der Waals surface area (Å²) in [5.41, 5.74) is 3.09. The van der Waals surface area contributed by atoms with Gasteiger partial charge in [0.15, 0.2) is 17.3 Å². The van der Waals surface area contributed by atoms with E-state index in [-0.39, 0.29) is 0 Å². The van der Waals surface area contributed by atoms with E-state index in [9.17, 15) is 9.59 Å². The van der Waals surface area contributed by atoms with Gasteiger partial charge in [0.1, 0.15) is 11.3 Å². The molecule has 0 saturated heterocycles. The summed E-state index contributed by atoms with van der Waals surface area (Å²) in [5.74, 6) is -0.00958. The van der Waals surface area contributed by atoms with E-state index in [2.05, 4.69) is 15.3 Å². The summed E-state index contributed by atoms with van der Waals surface area (Å²) >= 11 is 1.31. The Morgan fingerprint density at radius 3 is 2.62 bits per heavy atom. The number of aromatic nitrogens is 2. The second kappa shape index (κ2) is 9.36. The maximum atomic E-state index is 13.1. The van der Waals surface area contributed by atoms with Gasteiger partial charge in [-0.1, -0.05) is 47.7 Å². The first-order valence-electron chi connectivity index (χ1n) is 11.4. The van der Waals surface area contributed by atoms with Crippen LogP contribution in [0, 0.1) is 0 Å². The highest BCUT2D eigenvalue weighted by Gasteiger charge is 2.19. The van der Waals surface area contributed by atoms with E-state index in [0.29, 0.717) is 38.9 Å². The molecule has 0 aliphatic heterocycles. The number of nitrogens with one attached hydrogen (secondary N) is 1. The van der Waals surface area contributed by atoms with Crippen LogP contribution in [0.5, 0.6) is 5.75 Å². The molecule has 1 N–H and O–H groups in total. The highest BCUT2D eigenvalue weighted by Crippen LogP contribution is 2.33. The van der Waals surface area contributed by atoms with Crippen molar-refractivity contribution in [3.63, 3.8) is 0 Å². The van der Waals surface area contributed by atoms with Crippen molar-refractivity contribution in [1.82, 2.24) is 9.97 Å². The van der Waals surface area contributed by atoms with Crippen LogP contribution in [-0.4, -0.2) is 35.6 Å². The molecule has 182 valence electrons. The van der Waals surface area contributed by atoms with Gasteiger partial charge < -0.3 is 13.9 Å². The van der Waals surface area contributed by atoms with E-state index in [4.69, 9.17) is 13.9 Å². The average molecular weight is 510 g/mol.